The van der Waals surface area contributed by atoms with E-state index in [4.69, 9.17) is 9.52 Å². The van der Waals surface area contributed by atoms with Crippen molar-refractivity contribution in [3.63, 3.8) is 0 Å². The molecule has 0 atom stereocenters. The normalized spacial score (nSPS) is 9.17. The Labute approximate surface area is 104 Å². The summed E-state index contributed by atoms with van der Waals surface area (Å²) < 4.78 is 4.97. The molecule has 1 rings (SSSR count). The van der Waals surface area contributed by atoms with Crippen LogP contribution in [0.2, 0.25) is 0 Å². The van der Waals surface area contributed by atoms with E-state index < -0.39 is 5.97 Å². The molecule has 0 radical (unpaired) electrons. The molecule has 0 aromatic carbocycles. The third kappa shape index (κ3) is 4.61. The van der Waals surface area contributed by atoms with Crippen LogP contribution < -0.4 is 10.6 Å². The van der Waals surface area contributed by atoms with Crippen molar-refractivity contribution in [3.05, 3.63) is 23.7 Å². The third-order valence-electron chi connectivity index (χ3n) is 2.01. The highest BCUT2D eigenvalue weighted by atomic mass is 16.4. The Morgan fingerprint density at radius 2 is 2.17 bits per heavy atom. The van der Waals surface area contributed by atoms with Crippen LogP contribution in [0.3, 0.4) is 0 Å². The van der Waals surface area contributed by atoms with E-state index in [2.05, 4.69) is 22.5 Å². The second-order valence-electron chi connectivity index (χ2n) is 3.36. The minimum Gasteiger partial charge on any atom is -0.475 e. The lowest BCUT2D eigenvalue weighted by Crippen LogP contribution is -2.35. The zero-order chi connectivity index (χ0) is 13.4. The molecule has 1 aromatic rings. The molecule has 3 N–H and O–H groups in total. The van der Waals surface area contributed by atoms with E-state index in [1.807, 2.05) is 0 Å². The number of nitrogens with one attached hydrogen (secondary N) is 2. The number of urea groups is 1. The first-order chi connectivity index (χ1) is 8.63. The van der Waals surface area contributed by atoms with Crippen LogP contribution in [0.25, 0.3) is 0 Å². The summed E-state index contributed by atoms with van der Waals surface area (Å²) in [6.45, 7) is 2.33. The fraction of sp³-hybridized carbons (Fsp3) is 0.333. The number of furan rings is 1. The summed E-state index contributed by atoms with van der Waals surface area (Å²) in [5.41, 5.74) is 0. The lowest BCUT2D eigenvalue weighted by Gasteiger charge is -2.04. The number of aromatic carboxylic acids is 1. The molecule has 18 heavy (non-hydrogen) atoms. The van der Waals surface area contributed by atoms with Crippen molar-refractivity contribution in [3.8, 4) is 11.8 Å². The van der Waals surface area contributed by atoms with Gasteiger partial charge in [-0.25, -0.2) is 9.59 Å². The van der Waals surface area contributed by atoms with E-state index in [0.717, 1.165) is 0 Å². The zero-order valence-electron chi connectivity index (χ0n) is 9.95. The Balaban J connectivity index is 2.28. The van der Waals surface area contributed by atoms with Crippen molar-refractivity contribution in [1.82, 2.24) is 10.6 Å². The minimum absolute atomic E-state index is 0.137. The fourth-order valence-electron chi connectivity index (χ4n) is 1.18. The number of carbonyl (C=O) groups excluding carboxylic acids is 1. The largest absolute Gasteiger partial charge is 0.475 e. The van der Waals surface area contributed by atoms with Gasteiger partial charge >= 0.3 is 12.0 Å². The number of hydrogen-bond acceptors (Lipinski definition) is 3. The second-order valence-corrected chi connectivity index (χ2v) is 3.36. The number of carbonyl (C=O) groups is 2. The van der Waals surface area contributed by atoms with Gasteiger partial charge in [0.15, 0.2) is 0 Å². The van der Waals surface area contributed by atoms with Gasteiger partial charge in [0.25, 0.3) is 0 Å². The molecule has 0 bridgehead atoms. The molecule has 1 aromatic heterocycles. The van der Waals surface area contributed by atoms with Crippen LogP contribution >= 0.6 is 0 Å². The standard InChI is InChI=1S/C12H14N2O4/c1-2-3-4-7-13-12(17)14-8-9-5-6-10(18-9)11(15)16/h5-6H,4,7-8H2,1H3,(H,15,16)(H2,13,14,17). The summed E-state index contributed by atoms with van der Waals surface area (Å²) in [6, 6.07) is 2.50. The van der Waals surface area contributed by atoms with Crippen molar-refractivity contribution in [2.45, 2.75) is 19.9 Å². The quantitative estimate of drug-likeness (QED) is 0.540. The van der Waals surface area contributed by atoms with Gasteiger partial charge in [-0.2, -0.15) is 0 Å². The summed E-state index contributed by atoms with van der Waals surface area (Å²) in [7, 11) is 0. The smallest absolute Gasteiger partial charge is 0.371 e. The van der Waals surface area contributed by atoms with Gasteiger partial charge in [0.2, 0.25) is 5.76 Å². The predicted molar refractivity (Wildman–Crippen MR) is 64.0 cm³/mol. The van der Waals surface area contributed by atoms with Gasteiger partial charge in [-0.15, -0.1) is 11.8 Å². The topological polar surface area (TPSA) is 91.6 Å². The van der Waals surface area contributed by atoms with Crippen molar-refractivity contribution in [2.24, 2.45) is 0 Å². The van der Waals surface area contributed by atoms with E-state index in [9.17, 15) is 9.59 Å². The van der Waals surface area contributed by atoms with Gasteiger partial charge in [-0.3, -0.25) is 0 Å². The highest BCUT2D eigenvalue weighted by Gasteiger charge is 2.09. The Morgan fingerprint density at radius 1 is 1.39 bits per heavy atom. The lowest BCUT2D eigenvalue weighted by atomic mass is 10.4. The Morgan fingerprint density at radius 3 is 2.78 bits per heavy atom. The monoisotopic (exact) mass is 250 g/mol. The second kappa shape index (κ2) is 7.01. The first-order valence-corrected chi connectivity index (χ1v) is 5.37. The molecule has 0 saturated carbocycles. The highest BCUT2D eigenvalue weighted by Crippen LogP contribution is 2.07. The molecule has 2 amide bonds. The first kappa shape index (κ1) is 13.6. The molecular weight excluding hydrogens is 236 g/mol. The van der Waals surface area contributed by atoms with Gasteiger partial charge < -0.3 is 20.2 Å². The summed E-state index contributed by atoms with van der Waals surface area (Å²) in [4.78, 5) is 21.8. The molecule has 0 spiro atoms. The molecule has 0 aliphatic heterocycles. The SMILES string of the molecule is CC#CCCNC(=O)NCc1ccc(C(=O)O)o1. The molecule has 0 fully saturated rings. The molecular formula is C12H14N2O4. The Bertz CT molecular complexity index is 482. The van der Waals surface area contributed by atoms with Gasteiger partial charge in [-0.1, -0.05) is 0 Å². The van der Waals surface area contributed by atoms with Crippen LogP contribution in [0.5, 0.6) is 0 Å². The molecule has 6 nitrogen and oxygen atoms in total. The first-order valence-electron chi connectivity index (χ1n) is 5.37. The van der Waals surface area contributed by atoms with Crippen molar-refractivity contribution < 1.29 is 19.1 Å². The molecule has 0 aliphatic carbocycles. The summed E-state index contributed by atoms with van der Waals surface area (Å²) in [6.07, 6.45) is 0.591. The van der Waals surface area contributed by atoms with Crippen LogP contribution in [0.1, 0.15) is 29.7 Å². The fourth-order valence-corrected chi connectivity index (χ4v) is 1.18. The predicted octanol–water partition coefficient (Wildman–Crippen LogP) is 1.19. The maximum absolute atomic E-state index is 11.3. The van der Waals surface area contributed by atoms with Gasteiger partial charge in [-0.05, 0) is 19.1 Å². The number of carboxylic acids is 1. The number of rotatable bonds is 5. The van der Waals surface area contributed by atoms with E-state index >= 15 is 0 Å². The van der Waals surface area contributed by atoms with Crippen LogP contribution in [-0.2, 0) is 6.54 Å². The van der Waals surface area contributed by atoms with E-state index in [1.165, 1.54) is 12.1 Å². The van der Waals surface area contributed by atoms with Crippen LogP contribution in [0.4, 0.5) is 4.79 Å². The molecule has 0 unspecified atom stereocenters. The van der Waals surface area contributed by atoms with Crippen molar-refractivity contribution in [1.29, 1.82) is 0 Å². The third-order valence-corrected chi connectivity index (χ3v) is 2.01. The number of carboxylic acid groups (broad SMARTS) is 1. The summed E-state index contributed by atoms with van der Waals surface area (Å²) >= 11 is 0. The van der Waals surface area contributed by atoms with Crippen LogP contribution in [0.15, 0.2) is 16.5 Å². The molecule has 96 valence electrons. The molecule has 6 heteroatoms. The zero-order valence-corrected chi connectivity index (χ0v) is 9.95. The van der Waals surface area contributed by atoms with Crippen molar-refractivity contribution in [2.75, 3.05) is 6.54 Å². The number of amides is 2. The van der Waals surface area contributed by atoms with Gasteiger partial charge in [0.05, 0.1) is 6.54 Å². The molecule has 1 heterocycles. The maximum Gasteiger partial charge on any atom is 0.371 e. The summed E-state index contributed by atoms with van der Waals surface area (Å²) in [5.74, 6) is 4.64. The van der Waals surface area contributed by atoms with Crippen LogP contribution in [0, 0.1) is 11.8 Å². The number of hydrogen-bond donors (Lipinski definition) is 3. The average Bonchev–Trinajstić information content (AvgIpc) is 2.81. The average molecular weight is 250 g/mol. The Kier molecular flexibility index (Phi) is 5.32. The van der Waals surface area contributed by atoms with E-state index in [-0.39, 0.29) is 18.3 Å². The molecule has 0 aliphatic rings. The lowest BCUT2D eigenvalue weighted by molar-refractivity contribution is 0.0660. The van der Waals surface area contributed by atoms with Gasteiger partial charge in [0, 0.05) is 13.0 Å². The highest BCUT2D eigenvalue weighted by molar-refractivity contribution is 5.84. The van der Waals surface area contributed by atoms with Crippen LogP contribution in [-0.4, -0.2) is 23.7 Å². The molecule has 0 saturated heterocycles. The minimum atomic E-state index is -1.14. The summed E-state index contributed by atoms with van der Waals surface area (Å²) in [5, 5.41) is 13.8. The maximum atomic E-state index is 11.3. The Hall–Kier alpha value is -2.42. The van der Waals surface area contributed by atoms with Gasteiger partial charge in [0.1, 0.15) is 5.76 Å². The van der Waals surface area contributed by atoms with E-state index in [0.29, 0.717) is 18.7 Å². The van der Waals surface area contributed by atoms with E-state index in [1.54, 1.807) is 6.92 Å². The van der Waals surface area contributed by atoms with Crippen molar-refractivity contribution >= 4 is 12.0 Å².